The van der Waals surface area contributed by atoms with Crippen molar-refractivity contribution in [3.63, 3.8) is 0 Å². The highest BCUT2D eigenvalue weighted by Gasteiger charge is 2.23. The summed E-state index contributed by atoms with van der Waals surface area (Å²) in [5.41, 5.74) is 2.83. The number of ether oxygens (including phenoxy) is 2. The fraction of sp³-hybridized carbons (Fsp3) is 0.190. The summed E-state index contributed by atoms with van der Waals surface area (Å²) in [6.07, 6.45) is 1.55. The van der Waals surface area contributed by atoms with Crippen molar-refractivity contribution in [1.29, 1.82) is 0 Å². The van der Waals surface area contributed by atoms with E-state index in [-0.39, 0.29) is 5.43 Å². The summed E-state index contributed by atoms with van der Waals surface area (Å²) in [5, 5.41) is 1.03. The van der Waals surface area contributed by atoms with E-state index >= 15 is 0 Å². The summed E-state index contributed by atoms with van der Waals surface area (Å²) < 4.78 is 23.0. The molecule has 2 heterocycles. The highest BCUT2D eigenvalue weighted by Crippen LogP contribution is 2.42. The molecular weight excluding hydrogens is 332 g/mol. The van der Waals surface area contributed by atoms with E-state index in [1.165, 1.54) is 13.2 Å². The molecule has 0 aliphatic carbocycles. The molecule has 0 bridgehead atoms. The Hall–Kier alpha value is -3.21. The normalized spacial score (nSPS) is 11.2. The van der Waals surface area contributed by atoms with Gasteiger partial charge >= 0.3 is 0 Å². The van der Waals surface area contributed by atoms with Crippen LogP contribution in [0.4, 0.5) is 0 Å². The Labute approximate surface area is 149 Å². The fourth-order valence-corrected chi connectivity index (χ4v) is 3.15. The summed E-state index contributed by atoms with van der Waals surface area (Å²) in [5.74, 6) is 1.33. The first kappa shape index (κ1) is 16.3. The first-order valence-electron chi connectivity index (χ1n) is 8.29. The molecule has 0 unspecified atom stereocenters. The lowest BCUT2D eigenvalue weighted by molar-refractivity contribution is 0.302. The predicted octanol–water partition coefficient (Wildman–Crippen LogP) is 4.74. The largest absolute Gasteiger partial charge is 0.495 e. The molecule has 0 saturated heterocycles. The maximum atomic E-state index is 12.6. The average molecular weight is 350 g/mol. The van der Waals surface area contributed by atoms with Crippen molar-refractivity contribution < 1.29 is 18.3 Å². The smallest absolute Gasteiger partial charge is 0.206 e. The van der Waals surface area contributed by atoms with Crippen LogP contribution in [0.3, 0.4) is 0 Å². The molecule has 0 fully saturated rings. The van der Waals surface area contributed by atoms with Crippen LogP contribution >= 0.6 is 0 Å². The van der Waals surface area contributed by atoms with E-state index in [1.54, 1.807) is 19.3 Å². The number of hydrogen-bond acceptors (Lipinski definition) is 5. The molecule has 0 spiro atoms. The Kier molecular flexibility index (Phi) is 3.92. The van der Waals surface area contributed by atoms with Gasteiger partial charge in [0, 0.05) is 6.07 Å². The van der Waals surface area contributed by atoms with Crippen molar-refractivity contribution in [3.8, 4) is 11.5 Å². The standard InChI is InChI=1S/C21H18O5/c1-12-6-4-5-7-14(12)11-25-21-19-15(8-9-24-19)18(23-3)17-16(22)10-13(2)26-20(17)21/h4-10H,11H2,1-3H3. The quantitative estimate of drug-likeness (QED) is 0.532. The van der Waals surface area contributed by atoms with Gasteiger partial charge in [-0.2, -0.15) is 0 Å². The van der Waals surface area contributed by atoms with Crippen LogP contribution in [0.5, 0.6) is 11.5 Å². The molecule has 0 radical (unpaired) electrons. The molecule has 5 nitrogen and oxygen atoms in total. The molecule has 0 aliphatic heterocycles. The minimum Gasteiger partial charge on any atom is -0.495 e. The van der Waals surface area contributed by atoms with Gasteiger partial charge in [-0.25, -0.2) is 0 Å². The molecule has 0 aliphatic rings. The number of benzene rings is 2. The minimum absolute atomic E-state index is 0.176. The van der Waals surface area contributed by atoms with Gasteiger partial charge in [0.25, 0.3) is 0 Å². The second-order valence-corrected chi connectivity index (χ2v) is 6.17. The van der Waals surface area contributed by atoms with Crippen molar-refractivity contribution in [2.24, 2.45) is 0 Å². The number of methoxy groups -OCH3 is 1. The third-order valence-corrected chi connectivity index (χ3v) is 4.46. The van der Waals surface area contributed by atoms with Crippen LogP contribution in [0.2, 0.25) is 0 Å². The van der Waals surface area contributed by atoms with Crippen molar-refractivity contribution >= 4 is 21.9 Å². The Balaban J connectivity index is 1.96. The van der Waals surface area contributed by atoms with E-state index in [4.69, 9.17) is 18.3 Å². The van der Waals surface area contributed by atoms with Gasteiger partial charge in [0.1, 0.15) is 23.5 Å². The maximum absolute atomic E-state index is 12.6. The minimum atomic E-state index is -0.176. The van der Waals surface area contributed by atoms with Crippen LogP contribution in [-0.2, 0) is 6.61 Å². The van der Waals surface area contributed by atoms with E-state index in [0.717, 1.165) is 11.1 Å². The highest BCUT2D eigenvalue weighted by molar-refractivity contribution is 6.06. The van der Waals surface area contributed by atoms with E-state index in [1.807, 2.05) is 31.2 Å². The van der Waals surface area contributed by atoms with Crippen LogP contribution in [-0.4, -0.2) is 7.11 Å². The van der Waals surface area contributed by atoms with Crippen molar-refractivity contribution in [2.75, 3.05) is 7.11 Å². The zero-order chi connectivity index (χ0) is 18.3. The summed E-state index contributed by atoms with van der Waals surface area (Å²) in [6, 6.07) is 11.2. The third kappa shape index (κ3) is 2.52. The zero-order valence-electron chi connectivity index (χ0n) is 14.8. The third-order valence-electron chi connectivity index (χ3n) is 4.46. The van der Waals surface area contributed by atoms with Gasteiger partial charge in [-0.15, -0.1) is 0 Å². The zero-order valence-corrected chi connectivity index (χ0v) is 14.8. The predicted molar refractivity (Wildman–Crippen MR) is 99.1 cm³/mol. The van der Waals surface area contributed by atoms with Gasteiger partial charge in [-0.1, -0.05) is 24.3 Å². The second kappa shape index (κ2) is 6.26. The van der Waals surface area contributed by atoms with Gasteiger partial charge in [0.15, 0.2) is 16.6 Å². The molecule has 2 aromatic carbocycles. The molecule has 0 amide bonds. The van der Waals surface area contributed by atoms with Gasteiger partial charge in [-0.3, -0.25) is 4.79 Å². The van der Waals surface area contributed by atoms with E-state index in [9.17, 15) is 4.79 Å². The number of fused-ring (bicyclic) bond motifs is 2. The average Bonchev–Trinajstić information content (AvgIpc) is 3.09. The van der Waals surface area contributed by atoms with Gasteiger partial charge < -0.3 is 18.3 Å². The molecule has 4 aromatic rings. The first-order chi connectivity index (χ1) is 12.6. The molecule has 0 N–H and O–H groups in total. The molecule has 4 rings (SSSR count). The Morgan fingerprint density at radius 1 is 1.04 bits per heavy atom. The molecule has 2 aromatic heterocycles. The van der Waals surface area contributed by atoms with Crippen LogP contribution < -0.4 is 14.9 Å². The lowest BCUT2D eigenvalue weighted by atomic mass is 10.1. The molecule has 5 heteroatoms. The summed E-state index contributed by atoms with van der Waals surface area (Å²) in [4.78, 5) is 12.6. The summed E-state index contributed by atoms with van der Waals surface area (Å²) in [7, 11) is 1.52. The second-order valence-electron chi connectivity index (χ2n) is 6.17. The van der Waals surface area contributed by atoms with Crippen LogP contribution in [0, 0.1) is 13.8 Å². The van der Waals surface area contributed by atoms with E-state index < -0.39 is 0 Å². The van der Waals surface area contributed by atoms with Crippen LogP contribution in [0.25, 0.3) is 21.9 Å². The topological polar surface area (TPSA) is 61.8 Å². The molecule has 0 saturated carbocycles. The summed E-state index contributed by atoms with van der Waals surface area (Å²) in [6.45, 7) is 4.09. The van der Waals surface area contributed by atoms with E-state index in [0.29, 0.717) is 45.8 Å². The lowest BCUT2D eigenvalue weighted by Crippen LogP contribution is -2.05. The molecule has 0 atom stereocenters. The maximum Gasteiger partial charge on any atom is 0.206 e. The van der Waals surface area contributed by atoms with Gasteiger partial charge in [0.05, 0.1) is 18.8 Å². The Bertz CT molecular complexity index is 1170. The molecule has 26 heavy (non-hydrogen) atoms. The fourth-order valence-electron chi connectivity index (χ4n) is 3.15. The summed E-state index contributed by atoms with van der Waals surface area (Å²) >= 11 is 0. The Morgan fingerprint density at radius 2 is 1.85 bits per heavy atom. The van der Waals surface area contributed by atoms with Crippen molar-refractivity contribution in [2.45, 2.75) is 20.5 Å². The van der Waals surface area contributed by atoms with Gasteiger partial charge in [-0.05, 0) is 31.0 Å². The number of aryl methyl sites for hydroxylation is 2. The highest BCUT2D eigenvalue weighted by atomic mass is 16.5. The number of hydrogen-bond donors (Lipinski definition) is 0. The Morgan fingerprint density at radius 3 is 2.62 bits per heavy atom. The van der Waals surface area contributed by atoms with Gasteiger partial charge in [0.2, 0.25) is 5.75 Å². The molecular formula is C21H18O5. The van der Waals surface area contributed by atoms with Crippen LogP contribution in [0.1, 0.15) is 16.9 Å². The van der Waals surface area contributed by atoms with Crippen molar-refractivity contribution in [3.05, 3.63) is 69.8 Å². The molecule has 132 valence electrons. The van der Waals surface area contributed by atoms with E-state index in [2.05, 4.69) is 0 Å². The first-order valence-corrected chi connectivity index (χ1v) is 8.29. The number of rotatable bonds is 4. The van der Waals surface area contributed by atoms with Crippen molar-refractivity contribution in [1.82, 2.24) is 0 Å². The number of furan rings is 1. The monoisotopic (exact) mass is 350 g/mol. The lowest BCUT2D eigenvalue weighted by Gasteiger charge is -2.13. The van der Waals surface area contributed by atoms with Crippen LogP contribution in [0.15, 0.2) is 56.3 Å². The SMILES string of the molecule is COc1c2ccoc2c(OCc2ccccc2C)c2oc(C)cc(=O)c12.